The van der Waals surface area contributed by atoms with Crippen LogP contribution in [0.15, 0.2) is 47.5 Å². The van der Waals surface area contributed by atoms with Gasteiger partial charge in [-0.2, -0.15) is 0 Å². The van der Waals surface area contributed by atoms with Gasteiger partial charge in [-0.05, 0) is 36.8 Å². The van der Waals surface area contributed by atoms with E-state index in [9.17, 15) is 9.90 Å². The summed E-state index contributed by atoms with van der Waals surface area (Å²) in [5.41, 5.74) is 2.06. The van der Waals surface area contributed by atoms with E-state index in [0.29, 0.717) is 23.4 Å². The minimum Gasteiger partial charge on any atom is -0.507 e. The third kappa shape index (κ3) is 3.18. The lowest BCUT2D eigenvalue weighted by Crippen LogP contribution is -2.23. The van der Waals surface area contributed by atoms with Crippen LogP contribution in [0.1, 0.15) is 18.4 Å². The maximum absolute atomic E-state index is 12.0. The van der Waals surface area contributed by atoms with Gasteiger partial charge in [-0.1, -0.05) is 12.1 Å². The summed E-state index contributed by atoms with van der Waals surface area (Å²) in [7, 11) is 1.57. The van der Waals surface area contributed by atoms with Crippen LogP contribution in [0.4, 0.5) is 11.4 Å². The molecule has 1 fully saturated rings. The van der Waals surface area contributed by atoms with Gasteiger partial charge in [-0.25, -0.2) is 0 Å². The molecular weight excluding hydrogens is 292 g/mol. The highest BCUT2D eigenvalue weighted by molar-refractivity contribution is 5.98. The molecule has 0 aliphatic carbocycles. The maximum atomic E-state index is 12.0. The molecule has 2 aromatic rings. The molecule has 23 heavy (non-hydrogen) atoms. The number of carbonyl (C=O) groups excluding carboxylic acids is 1. The van der Waals surface area contributed by atoms with Crippen molar-refractivity contribution in [3.8, 4) is 11.5 Å². The first-order chi connectivity index (χ1) is 11.2. The van der Waals surface area contributed by atoms with Gasteiger partial charge < -0.3 is 14.7 Å². The molecule has 0 unspecified atom stereocenters. The SMILES string of the molecule is COc1ccc(O)c(C=Nc2ccccc2N2CCCC2=O)c1. The average Bonchev–Trinajstić information content (AvgIpc) is 3.00. The number of aliphatic imine (C=N–C) groups is 1. The van der Waals surface area contributed by atoms with Crippen LogP contribution in [0, 0.1) is 0 Å². The van der Waals surface area contributed by atoms with Crippen LogP contribution in [0.3, 0.4) is 0 Å². The molecular formula is C18H18N2O3. The van der Waals surface area contributed by atoms with Crippen molar-refractivity contribution in [3.05, 3.63) is 48.0 Å². The number of para-hydroxylation sites is 2. The van der Waals surface area contributed by atoms with Gasteiger partial charge in [0.15, 0.2) is 0 Å². The lowest BCUT2D eigenvalue weighted by molar-refractivity contribution is -0.117. The molecule has 0 saturated carbocycles. The van der Waals surface area contributed by atoms with Gasteiger partial charge in [0, 0.05) is 24.7 Å². The van der Waals surface area contributed by atoms with Gasteiger partial charge in [-0.3, -0.25) is 9.79 Å². The quantitative estimate of drug-likeness (QED) is 0.882. The van der Waals surface area contributed by atoms with Gasteiger partial charge in [0.1, 0.15) is 11.5 Å². The Bertz CT molecular complexity index is 756. The first-order valence-corrected chi connectivity index (χ1v) is 7.49. The Morgan fingerprint density at radius 1 is 1.26 bits per heavy atom. The molecule has 1 heterocycles. The van der Waals surface area contributed by atoms with E-state index in [2.05, 4.69) is 4.99 Å². The molecule has 1 saturated heterocycles. The minimum atomic E-state index is 0.122. The van der Waals surface area contributed by atoms with Crippen molar-refractivity contribution in [1.82, 2.24) is 0 Å². The number of nitrogens with zero attached hydrogens (tertiary/aromatic N) is 2. The molecule has 0 spiro atoms. The van der Waals surface area contributed by atoms with E-state index in [1.807, 2.05) is 24.3 Å². The summed E-state index contributed by atoms with van der Waals surface area (Å²) < 4.78 is 5.16. The van der Waals surface area contributed by atoms with Crippen LogP contribution >= 0.6 is 0 Å². The number of ether oxygens (including phenoxy) is 1. The Balaban J connectivity index is 1.93. The highest BCUT2D eigenvalue weighted by Crippen LogP contribution is 2.32. The highest BCUT2D eigenvalue weighted by Gasteiger charge is 2.23. The Kier molecular flexibility index (Phi) is 4.28. The molecule has 3 rings (SSSR count). The van der Waals surface area contributed by atoms with Gasteiger partial charge in [-0.15, -0.1) is 0 Å². The number of anilines is 1. The van der Waals surface area contributed by atoms with Crippen molar-refractivity contribution >= 4 is 23.5 Å². The predicted molar refractivity (Wildman–Crippen MR) is 89.9 cm³/mol. The van der Waals surface area contributed by atoms with Crippen LogP contribution < -0.4 is 9.64 Å². The van der Waals surface area contributed by atoms with E-state index in [-0.39, 0.29) is 11.7 Å². The van der Waals surface area contributed by atoms with Crippen LogP contribution in [0.2, 0.25) is 0 Å². The smallest absolute Gasteiger partial charge is 0.227 e. The summed E-state index contributed by atoms with van der Waals surface area (Å²) in [5.74, 6) is 0.897. The molecule has 0 bridgehead atoms. The van der Waals surface area contributed by atoms with Crippen LogP contribution in [-0.4, -0.2) is 30.9 Å². The van der Waals surface area contributed by atoms with Crippen molar-refractivity contribution in [2.24, 2.45) is 4.99 Å². The Labute approximate surface area is 134 Å². The van der Waals surface area contributed by atoms with Crippen molar-refractivity contribution < 1.29 is 14.6 Å². The van der Waals surface area contributed by atoms with Crippen LogP contribution in [0.25, 0.3) is 0 Å². The molecule has 0 aromatic heterocycles. The van der Waals surface area contributed by atoms with Crippen molar-refractivity contribution in [2.75, 3.05) is 18.6 Å². The fourth-order valence-electron chi connectivity index (χ4n) is 2.61. The number of hydrogen-bond donors (Lipinski definition) is 1. The van der Waals surface area contributed by atoms with E-state index in [0.717, 1.165) is 18.7 Å². The number of phenols is 1. The van der Waals surface area contributed by atoms with Gasteiger partial charge in [0.25, 0.3) is 0 Å². The molecule has 2 aromatic carbocycles. The van der Waals surface area contributed by atoms with E-state index in [1.165, 1.54) is 0 Å². The first kappa shape index (κ1) is 15.1. The zero-order valence-corrected chi connectivity index (χ0v) is 12.9. The van der Waals surface area contributed by atoms with E-state index < -0.39 is 0 Å². The fraction of sp³-hybridized carbons (Fsp3) is 0.222. The lowest BCUT2D eigenvalue weighted by atomic mass is 10.2. The number of carbonyl (C=O) groups is 1. The molecule has 1 aliphatic heterocycles. The lowest BCUT2D eigenvalue weighted by Gasteiger charge is -2.17. The fourth-order valence-corrected chi connectivity index (χ4v) is 2.61. The molecule has 5 heteroatoms. The normalized spacial score (nSPS) is 14.7. The number of methoxy groups -OCH3 is 1. The summed E-state index contributed by atoms with van der Waals surface area (Å²) in [6, 6.07) is 12.5. The minimum absolute atomic E-state index is 0.122. The van der Waals surface area contributed by atoms with Gasteiger partial charge in [0.2, 0.25) is 5.91 Å². The summed E-state index contributed by atoms with van der Waals surface area (Å²) in [4.78, 5) is 18.2. The van der Waals surface area contributed by atoms with Crippen LogP contribution in [-0.2, 0) is 4.79 Å². The predicted octanol–water partition coefficient (Wildman–Crippen LogP) is 3.28. The first-order valence-electron chi connectivity index (χ1n) is 7.49. The van der Waals surface area contributed by atoms with Gasteiger partial charge >= 0.3 is 0 Å². The number of aromatic hydroxyl groups is 1. The number of rotatable bonds is 4. The molecule has 5 nitrogen and oxygen atoms in total. The van der Waals surface area contributed by atoms with E-state index in [1.54, 1.807) is 36.4 Å². The highest BCUT2D eigenvalue weighted by atomic mass is 16.5. The third-order valence-corrected chi connectivity index (χ3v) is 3.82. The standard InChI is InChI=1S/C18H18N2O3/c1-23-14-8-9-17(21)13(11-14)12-19-15-5-2-3-6-16(15)20-10-4-7-18(20)22/h2-3,5-6,8-9,11-12,21H,4,7,10H2,1H3. The number of phenolic OH excluding ortho intramolecular Hbond substituents is 1. The third-order valence-electron chi connectivity index (χ3n) is 3.82. The summed E-state index contributed by atoms with van der Waals surface area (Å²) in [6.07, 6.45) is 3.03. The van der Waals surface area contributed by atoms with E-state index >= 15 is 0 Å². The topological polar surface area (TPSA) is 62.1 Å². The molecule has 1 N–H and O–H groups in total. The maximum Gasteiger partial charge on any atom is 0.227 e. The second-order valence-electron chi connectivity index (χ2n) is 5.32. The van der Waals surface area contributed by atoms with Crippen molar-refractivity contribution in [2.45, 2.75) is 12.8 Å². The Hall–Kier alpha value is -2.82. The summed E-state index contributed by atoms with van der Waals surface area (Å²) in [5, 5.41) is 9.92. The molecule has 1 amide bonds. The van der Waals surface area contributed by atoms with E-state index in [4.69, 9.17) is 4.74 Å². The zero-order valence-electron chi connectivity index (χ0n) is 12.9. The van der Waals surface area contributed by atoms with Gasteiger partial charge in [0.05, 0.1) is 18.5 Å². The summed E-state index contributed by atoms with van der Waals surface area (Å²) >= 11 is 0. The zero-order chi connectivity index (χ0) is 16.2. The number of hydrogen-bond acceptors (Lipinski definition) is 4. The molecule has 1 aliphatic rings. The second kappa shape index (κ2) is 6.52. The molecule has 0 radical (unpaired) electrons. The van der Waals surface area contributed by atoms with Crippen LogP contribution in [0.5, 0.6) is 11.5 Å². The Morgan fingerprint density at radius 3 is 2.83 bits per heavy atom. The summed E-state index contributed by atoms with van der Waals surface area (Å²) in [6.45, 7) is 0.718. The molecule has 0 atom stereocenters. The van der Waals surface area contributed by atoms with Crippen molar-refractivity contribution in [3.63, 3.8) is 0 Å². The number of benzene rings is 2. The average molecular weight is 310 g/mol. The second-order valence-corrected chi connectivity index (χ2v) is 5.32. The van der Waals surface area contributed by atoms with Crippen molar-refractivity contribution in [1.29, 1.82) is 0 Å². The monoisotopic (exact) mass is 310 g/mol. The number of amides is 1. The molecule has 118 valence electrons. The largest absolute Gasteiger partial charge is 0.507 e. The Morgan fingerprint density at radius 2 is 2.09 bits per heavy atom.